The number of rotatable bonds is 5. The van der Waals surface area contributed by atoms with Crippen LogP contribution in [0.25, 0.3) is 0 Å². The first-order valence-electron chi connectivity index (χ1n) is 6.90. The van der Waals surface area contributed by atoms with Crippen molar-refractivity contribution in [3.05, 3.63) is 53.3 Å². The summed E-state index contributed by atoms with van der Waals surface area (Å²) in [7, 11) is 0. The molecule has 0 spiro atoms. The topological polar surface area (TPSA) is 97.4 Å². The number of benzene rings is 1. The molecular weight excluding hydrogens is 334 g/mol. The summed E-state index contributed by atoms with van der Waals surface area (Å²) in [5.41, 5.74) is 1.02. The molecule has 0 aliphatic carbocycles. The maximum Gasteiger partial charge on any atom is 0.357 e. The van der Waals surface area contributed by atoms with Crippen LogP contribution >= 0.6 is 11.6 Å². The normalized spacial score (nSPS) is 9.92. The minimum atomic E-state index is -0.750. The van der Waals surface area contributed by atoms with Crippen LogP contribution in [0.2, 0.25) is 5.02 Å². The van der Waals surface area contributed by atoms with Crippen LogP contribution in [-0.4, -0.2) is 29.4 Å². The first-order chi connectivity index (χ1) is 11.4. The molecule has 1 aromatic carbocycles. The largest absolute Gasteiger partial charge is 0.451 e. The van der Waals surface area contributed by atoms with Crippen LogP contribution < -0.4 is 10.6 Å². The Labute approximate surface area is 143 Å². The molecule has 2 amide bonds. The van der Waals surface area contributed by atoms with Crippen molar-refractivity contribution in [3.63, 3.8) is 0 Å². The molecule has 0 fully saturated rings. The van der Waals surface area contributed by atoms with Gasteiger partial charge in [0.25, 0.3) is 5.91 Å². The van der Waals surface area contributed by atoms with E-state index in [9.17, 15) is 14.4 Å². The van der Waals surface area contributed by atoms with E-state index in [1.807, 2.05) is 0 Å². The standard InChI is InChI=1S/C16H14ClN3O4/c1-10(21)19-12-3-2-4-13(8-12)20-15(22)9-24-16(23)14-7-11(17)5-6-18-14/h2-8H,9H2,1H3,(H,19,21)(H,20,22). The van der Waals surface area contributed by atoms with E-state index in [-0.39, 0.29) is 11.6 Å². The lowest BCUT2D eigenvalue weighted by molar-refractivity contribution is -0.119. The fourth-order valence-electron chi connectivity index (χ4n) is 1.80. The summed E-state index contributed by atoms with van der Waals surface area (Å²) in [4.78, 5) is 38.4. The fourth-order valence-corrected chi connectivity index (χ4v) is 1.96. The van der Waals surface area contributed by atoms with Crippen LogP contribution in [0.5, 0.6) is 0 Å². The third-order valence-electron chi connectivity index (χ3n) is 2.73. The third-order valence-corrected chi connectivity index (χ3v) is 2.97. The lowest BCUT2D eigenvalue weighted by Crippen LogP contribution is -2.21. The Morgan fingerprint density at radius 3 is 2.50 bits per heavy atom. The SMILES string of the molecule is CC(=O)Nc1cccc(NC(=O)COC(=O)c2cc(Cl)ccn2)c1. The molecular formula is C16H14ClN3O4. The van der Waals surface area contributed by atoms with E-state index in [1.54, 1.807) is 24.3 Å². The highest BCUT2D eigenvalue weighted by Gasteiger charge is 2.12. The monoisotopic (exact) mass is 347 g/mol. The van der Waals surface area contributed by atoms with Gasteiger partial charge in [-0.3, -0.25) is 9.59 Å². The van der Waals surface area contributed by atoms with Gasteiger partial charge < -0.3 is 15.4 Å². The van der Waals surface area contributed by atoms with Crippen molar-refractivity contribution in [1.82, 2.24) is 4.98 Å². The predicted octanol–water partition coefficient (Wildman–Crippen LogP) is 2.49. The second-order valence-corrected chi connectivity index (χ2v) is 5.18. The molecule has 0 atom stereocenters. The summed E-state index contributed by atoms with van der Waals surface area (Å²) in [6, 6.07) is 9.44. The van der Waals surface area contributed by atoms with Crippen LogP contribution in [-0.2, 0) is 14.3 Å². The Bertz CT molecular complexity index is 779. The number of halogens is 1. The highest BCUT2D eigenvalue weighted by atomic mass is 35.5. The molecule has 8 heteroatoms. The minimum Gasteiger partial charge on any atom is -0.451 e. The first kappa shape index (κ1) is 17.4. The van der Waals surface area contributed by atoms with Crippen molar-refractivity contribution in [2.75, 3.05) is 17.2 Å². The third kappa shape index (κ3) is 5.36. The number of pyridine rings is 1. The molecule has 0 radical (unpaired) electrons. The van der Waals surface area contributed by atoms with E-state index in [0.717, 1.165) is 0 Å². The molecule has 2 rings (SSSR count). The zero-order chi connectivity index (χ0) is 17.5. The molecule has 0 aliphatic heterocycles. The van der Waals surface area contributed by atoms with Gasteiger partial charge in [-0.1, -0.05) is 17.7 Å². The van der Waals surface area contributed by atoms with Gasteiger partial charge in [-0.25, -0.2) is 9.78 Å². The van der Waals surface area contributed by atoms with Gasteiger partial charge in [-0.05, 0) is 30.3 Å². The summed E-state index contributed by atoms with van der Waals surface area (Å²) in [5, 5.41) is 5.50. The van der Waals surface area contributed by atoms with Gasteiger partial charge in [0.2, 0.25) is 5.91 Å². The maximum absolute atomic E-state index is 11.8. The number of amides is 2. The highest BCUT2D eigenvalue weighted by molar-refractivity contribution is 6.30. The van der Waals surface area contributed by atoms with Crippen LogP contribution in [0.4, 0.5) is 11.4 Å². The lowest BCUT2D eigenvalue weighted by atomic mass is 10.2. The molecule has 0 bridgehead atoms. The van der Waals surface area contributed by atoms with Crippen molar-refractivity contribution in [2.24, 2.45) is 0 Å². The van der Waals surface area contributed by atoms with Crippen LogP contribution in [0.15, 0.2) is 42.6 Å². The smallest absolute Gasteiger partial charge is 0.357 e. The summed E-state index contributed by atoms with van der Waals surface area (Å²) in [5.74, 6) is -1.49. The van der Waals surface area contributed by atoms with Crippen molar-refractivity contribution < 1.29 is 19.1 Å². The van der Waals surface area contributed by atoms with E-state index >= 15 is 0 Å². The number of ether oxygens (including phenoxy) is 1. The average molecular weight is 348 g/mol. The molecule has 124 valence electrons. The van der Waals surface area contributed by atoms with E-state index in [0.29, 0.717) is 16.4 Å². The fraction of sp³-hybridized carbons (Fsp3) is 0.125. The molecule has 24 heavy (non-hydrogen) atoms. The number of aromatic nitrogens is 1. The van der Waals surface area contributed by atoms with Gasteiger partial charge in [0.15, 0.2) is 6.61 Å². The number of hydrogen-bond donors (Lipinski definition) is 2. The van der Waals surface area contributed by atoms with E-state index in [4.69, 9.17) is 16.3 Å². The second kappa shape index (κ2) is 8.07. The van der Waals surface area contributed by atoms with E-state index in [2.05, 4.69) is 15.6 Å². The number of carbonyl (C=O) groups excluding carboxylic acids is 3. The Kier molecular flexibility index (Phi) is 5.86. The zero-order valence-corrected chi connectivity index (χ0v) is 13.5. The molecule has 0 saturated carbocycles. The van der Waals surface area contributed by atoms with Crippen molar-refractivity contribution in [1.29, 1.82) is 0 Å². The van der Waals surface area contributed by atoms with Crippen LogP contribution in [0, 0.1) is 0 Å². The Balaban J connectivity index is 1.89. The molecule has 2 aromatic rings. The quantitative estimate of drug-likeness (QED) is 0.810. The van der Waals surface area contributed by atoms with E-state index < -0.39 is 18.5 Å². The number of hydrogen-bond acceptors (Lipinski definition) is 5. The molecule has 0 unspecified atom stereocenters. The van der Waals surface area contributed by atoms with Crippen molar-refractivity contribution >= 4 is 40.8 Å². The average Bonchev–Trinajstić information content (AvgIpc) is 2.52. The van der Waals surface area contributed by atoms with Crippen molar-refractivity contribution in [2.45, 2.75) is 6.92 Å². The van der Waals surface area contributed by atoms with Gasteiger partial charge in [0.05, 0.1) is 0 Å². The van der Waals surface area contributed by atoms with Crippen LogP contribution in [0.1, 0.15) is 17.4 Å². The number of nitrogens with one attached hydrogen (secondary N) is 2. The maximum atomic E-state index is 11.8. The summed E-state index contributed by atoms with van der Waals surface area (Å²) in [6.07, 6.45) is 1.37. The molecule has 0 aliphatic rings. The molecule has 7 nitrogen and oxygen atoms in total. The van der Waals surface area contributed by atoms with Gasteiger partial charge in [0, 0.05) is 29.5 Å². The van der Waals surface area contributed by atoms with Gasteiger partial charge in [-0.2, -0.15) is 0 Å². The molecule has 0 saturated heterocycles. The Hall–Kier alpha value is -2.93. The number of carbonyl (C=O) groups is 3. The van der Waals surface area contributed by atoms with Gasteiger partial charge >= 0.3 is 5.97 Å². The zero-order valence-electron chi connectivity index (χ0n) is 12.7. The van der Waals surface area contributed by atoms with Crippen LogP contribution in [0.3, 0.4) is 0 Å². The summed E-state index contributed by atoms with van der Waals surface area (Å²) < 4.78 is 4.87. The summed E-state index contributed by atoms with van der Waals surface area (Å²) >= 11 is 5.75. The Morgan fingerprint density at radius 2 is 1.83 bits per heavy atom. The van der Waals surface area contributed by atoms with E-state index in [1.165, 1.54) is 25.3 Å². The Morgan fingerprint density at radius 1 is 1.12 bits per heavy atom. The molecule has 1 heterocycles. The number of anilines is 2. The summed E-state index contributed by atoms with van der Waals surface area (Å²) in [6.45, 7) is 0.909. The van der Waals surface area contributed by atoms with Crippen molar-refractivity contribution in [3.8, 4) is 0 Å². The molecule has 1 aromatic heterocycles. The van der Waals surface area contributed by atoms with Gasteiger partial charge in [0.1, 0.15) is 5.69 Å². The molecule has 2 N–H and O–H groups in total. The number of esters is 1. The lowest BCUT2D eigenvalue weighted by Gasteiger charge is -2.08. The minimum absolute atomic E-state index is 0.0166. The number of nitrogens with zero attached hydrogens (tertiary/aromatic N) is 1. The predicted molar refractivity (Wildman–Crippen MR) is 88.9 cm³/mol. The first-order valence-corrected chi connectivity index (χ1v) is 7.28. The second-order valence-electron chi connectivity index (χ2n) is 4.75. The van der Waals surface area contributed by atoms with Gasteiger partial charge in [-0.15, -0.1) is 0 Å². The highest BCUT2D eigenvalue weighted by Crippen LogP contribution is 2.15.